The minimum Gasteiger partial charge on any atom is -0.397 e. The van der Waals surface area contributed by atoms with Gasteiger partial charge in [0.1, 0.15) is 0 Å². The summed E-state index contributed by atoms with van der Waals surface area (Å²) >= 11 is 0. The van der Waals surface area contributed by atoms with Crippen LogP contribution in [0.2, 0.25) is 0 Å². The van der Waals surface area contributed by atoms with Gasteiger partial charge in [0.15, 0.2) is 0 Å². The van der Waals surface area contributed by atoms with Crippen LogP contribution >= 0.6 is 0 Å². The van der Waals surface area contributed by atoms with Crippen LogP contribution in [0.4, 0.5) is 11.4 Å². The third kappa shape index (κ3) is 1.31. The van der Waals surface area contributed by atoms with Gasteiger partial charge in [0.2, 0.25) is 0 Å². The first kappa shape index (κ1) is 8.62. The molecule has 14 heavy (non-hydrogen) atoms. The second-order valence-corrected chi connectivity index (χ2v) is 3.18. The quantitative estimate of drug-likeness (QED) is 0.662. The highest BCUT2D eigenvalue weighted by molar-refractivity contribution is 5.72. The SMILES string of the molecule is Cn1nccc1-c1ccc(N)c(N)c1. The molecule has 0 saturated heterocycles. The van der Waals surface area contributed by atoms with Gasteiger partial charge in [-0.15, -0.1) is 0 Å². The van der Waals surface area contributed by atoms with Crippen molar-refractivity contribution in [2.75, 3.05) is 11.5 Å². The molecule has 2 rings (SSSR count). The molecule has 0 radical (unpaired) electrons. The van der Waals surface area contributed by atoms with Crippen LogP contribution in [0.5, 0.6) is 0 Å². The lowest BCUT2D eigenvalue weighted by atomic mass is 10.1. The molecule has 4 heteroatoms. The molecule has 0 aliphatic carbocycles. The summed E-state index contributed by atoms with van der Waals surface area (Å²) in [5, 5.41) is 4.09. The Balaban J connectivity index is 2.53. The van der Waals surface area contributed by atoms with Gasteiger partial charge in [0.05, 0.1) is 17.1 Å². The van der Waals surface area contributed by atoms with Gasteiger partial charge in [-0.25, -0.2) is 0 Å². The Kier molecular flexibility index (Phi) is 1.89. The molecule has 4 N–H and O–H groups in total. The lowest BCUT2D eigenvalue weighted by Gasteiger charge is -2.05. The number of aryl methyl sites for hydroxylation is 1. The van der Waals surface area contributed by atoms with Gasteiger partial charge < -0.3 is 11.5 Å². The highest BCUT2D eigenvalue weighted by Gasteiger charge is 2.03. The topological polar surface area (TPSA) is 69.9 Å². The Morgan fingerprint density at radius 1 is 1.14 bits per heavy atom. The molecule has 1 aromatic carbocycles. The van der Waals surface area contributed by atoms with Crippen molar-refractivity contribution < 1.29 is 0 Å². The molecule has 1 aromatic heterocycles. The van der Waals surface area contributed by atoms with Crippen molar-refractivity contribution in [1.29, 1.82) is 0 Å². The van der Waals surface area contributed by atoms with Crippen molar-refractivity contribution in [3.8, 4) is 11.3 Å². The van der Waals surface area contributed by atoms with Crippen LogP contribution in [-0.4, -0.2) is 9.78 Å². The van der Waals surface area contributed by atoms with Crippen LogP contribution < -0.4 is 11.5 Å². The summed E-state index contributed by atoms with van der Waals surface area (Å²) < 4.78 is 1.80. The minimum atomic E-state index is 0.601. The van der Waals surface area contributed by atoms with Crippen LogP contribution in [0, 0.1) is 0 Å². The zero-order valence-corrected chi connectivity index (χ0v) is 7.94. The van der Waals surface area contributed by atoms with E-state index in [4.69, 9.17) is 11.5 Å². The largest absolute Gasteiger partial charge is 0.397 e. The van der Waals surface area contributed by atoms with Crippen LogP contribution in [0.25, 0.3) is 11.3 Å². The fraction of sp³-hybridized carbons (Fsp3) is 0.100. The molecular weight excluding hydrogens is 176 g/mol. The molecule has 1 heterocycles. The van der Waals surface area contributed by atoms with Crippen molar-refractivity contribution in [1.82, 2.24) is 9.78 Å². The number of nitrogens with zero attached hydrogens (tertiary/aromatic N) is 2. The van der Waals surface area contributed by atoms with Crippen LogP contribution in [0.1, 0.15) is 0 Å². The van der Waals surface area contributed by atoms with Gasteiger partial charge >= 0.3 is 0 Å². The average molecular weight is 188 g/mol. The Morgan fingerprint density at radius 3 is 2.50 bits per heavy atom. The summed E-state index contributed by atoms with van der Waals surface area (Å²) in [4.78, 5) is 0. The van der Waals surface area contributed by atoms with Crippen molar-refractivity contribution in [2.24, 2.45) is 7.05 Å². The standard InChI is InChI=1S/C10H12N4/c1-14-10(4-5-13-14)7-2-3-8(11)9(12)6-7/h2-6H,11-12H2,1H3. The van der Waals surface area contributed by atoms with E-state index in [-0.39, 0.29) is 0 Å². The predicted octanol–water partition coefficient (Wildman–Crippen LogP) is 1.25. The molecule has 2 aromatic rings. The zero-order valence-electron chi connectivity index (χ0n) is 7.94. The molecule has 0 aliphatic heterocycles. The summed E-state index contributed by atoms with van der Waals surface area (Å²) in [5.41, 5.74) is 14.6. The maximum absolute atomic E-state index is 5.72. The summed E-state index contributed by atoms with van der Waals surface area (Å²) in [7, 11) is 1.89. The smallest absolute Gasteiger partial charge is 0.0679 e. The van der Waals surface area contributed by atoms with Crippen LogP contribution in [-0.2, 0) is 7.05 Å². The fourth-order valence-corrected chi connectivity index (χ4v) is 1.39. The molecular formula is C10H12N4. The van der Waals surface area contributed by atoms with E-state index < -0.39 is 0 Å². The Hall–Kier alpha value is -1.97. The summed E-state index contributed by atoms with van der Waals surface area (Å²) in [6.45, 7) is 0. The summed E-state index contributed by atoms with van der Waals surface area (Å²) in [6, 6.07) is 7.53. The minimum absolute atomic E-state index is 0.601. The van der Waals surface area contributed by atoms with Gasteiger partial charge in [-0.3, -0.25) is 4.68 Å². The number of nitrogen functional groups attached to an aromatic ring is 2. The van der Waals surface area contributed by atoms with Crippen molar-refractivity contribution >= 4 is 11.4 Å². The molecule has 0 unspecified atom stereocenters. The number of anilines is 2. The van der Waals surface area contributed by atoms with Gasteiger partial charge in [-0.1, -0.05) is 6.07 Å². The normalized spacial score (nSPS) is 10.4. The van der Waals surface area contributed by atoms with E-state index in [0.717, 1.165) is 11.3 Å². The highest BCUT2D eigenvalue weighted by atomic mass is 15.3. The molecule has 0 saturated carbocycles. The molecule has 0 aliphatic rings. The first-order valence-electron chi connectivity index (χ1n) is 4.32. The van der Waals surface area contributed by atoms with E-state index in [1.165, 1.54) is 0 Å². The molecule has 0 fully saturated rings. The molecule has 4 nitrogen and oxygen atoms in total. The van der Waals surface area contributed by atoms with Gasteiger partial charge in [-0.05, 0) is 18.2 Å². The van der Waals surface area contributed by atoms with E-state index in [1.54, 1.807) is 16.9 Å². The van der Waals surface area contributed by atoms with Crippen LogP contribution in [0.3, 0.4) is 0 Å². The van der Waals surface area contributed by atoms with Gasteiger partial charge in [0.25, 0.3) is 0 Å². The molecule has 0 amide bonds. The van der Waals surface area contributed by atoms with E-state index in [2.05, 4.69) is 5.10 Å². The Bertz CT molecular complexity index is 459. The summed E-state index contributed by atoms with van der Waals surface area (Å²) in [6.07, 6.45) is 1.75. The first-order chi connectivity index (χ1) is 6.68. The first-order valence-corrected chi connectivity index (χ1v) is 4.32. The summed E-state index contributed by atoms with van der Waals surface area (Å²) in [5.74, 6) is 0. The monoisotopic (exact) mass is 188 g/mol. The lowest BCUT2D eigenvalue weighted by Crippen LogP contribution is -1.97. The maximum atomic E-state index is 5.72. The fourth-order valence-electron chi connectivity index (χ4n) is 1.39. The van der Waals surface area contributed by atoms with E-state index >= 15 is 0 Å². The van der Waals surface area contributed by atoms with Crippen molar-refractivity contribution in [2.45, 2.75) is 0 Å². The van der Waals surface area contributed by atoms with E-state index in [0.29, 0.717) is 11.4 Å². The molecule has 0 bridgehead atoms. The second kappa shape index (κ2) is 3.06. The van der Waals surface area contributed by atoms with Gasteiger partial charge in [-0.2, -0.15) is 5.10 Å². The zero-order chi connectivity index (χ0) is 10.1. The number of nitrogens with two attached hydrogens (primary N) is 2. The number of hydrogen-bond acceptors (Lipinski definition) is 3. The lowest BCUT2D eigenvalue weighted by molar-refractivity contribution is 0.776. The number of rotatable bonds is 1. The third-order valence-corrected chi connectivity index (χ3v) is 2.20. The molecule has 0 atom stereocenters. The van der Waals surface area contributed by atoms with Crippen molar-refractivity contribution in [3.05, 3.63) is 30.5 Å². The van der Waals surface area contributed by atoms with E-state index in [1.807, 2.05) is 25.2 Å². The highest BCUT2D eigenvalue weighted by Crippen LogP contribution is 2.24. The van der Waals surface area contributed by atoms with Crippen molar-refractivity contribution in [3.63, 3.8) is 0 Å². The maximum Gasteiger partial charge on any atom is 0.0679 e. The number of benzene rings is 1. The second-order valence-electron chi connectivity index (χ2n) is 3.18. The average Bonchev–Trinajstić information content (AvgIpc) is 2.57. The van der Waals surface area contributed by atoms with Crippen LogP contribution in [0.15, 0.2) is 30.5 Å². The van der Waals surface area contributed by atoms with E-state index in [9.17, 15) is 0 Å². The number of hydrogen-bond donors (Lipinski definition) is 2. The molecule has 0 spiro atoms. The van der Waals surface area contributed by atoms with Gasteiger partial charge in [0, 0.05) is 18.8 Å². The Labute approximate surface area is 82.1 Å². The Morgan fingerprint density at radius 2 is 1.93 bits per heavy atom. The molecule has 72 valence electrons. The number of aromatic nitrogens is 2. The predicted molar refractivity (Wildman–Crippen MR) is 57.5 cm³/mol. The third-order valence-electron chi connectivity index (χ3n) is 2.20.